The number of para-hydroxylation sites is 1. The maximum Gasteiger partial charge on any atom is 0.389 e. The smallest absolute Gasteiger partial charge is 0.389 e. The molecule has 190 valence electrons. The highest BCUT2D eigenvalue weighted by Gasteiger charge is 2.34. The molecule has 0 radical (unpaired) electrons. The minimum absolute atomic E-state index is 0.0116. The maximum absolute atomic E-state index is 14.5. The Morgan fingerprint density at radius 1 is 1.18 bits per heavy atom. The van der Waals surface area contributed by atoms with Crippen LogP contribution in [0.15, 0.2) is 18.2 Å². The fourth-order valence-corrected chi connectivity index (χ4v) is 3.37. The molecule has 0 unspecified atom stereocenters. The Bertz CT molecular complexity index is 1000. The van der Waals surface area contributed by atoms with E-state index >= 15 is 0 Å². The second-order valence-corrected chi connectivity index (χ2v) is 9.13. The van der Waals surface area contributed by atoms with Crippen LogP contribution in [0.4, 0.5) is 17.6 Å². The van der Waals surface area contributed by atoms with Crippen molar-refractivity contribution in [3.05, 3.63) is 29.7 Å². The molecule has 2 rings (SSSR count). The highest BCUT2D eigenvalue weighted by atomic mass is 19.4. The second-order valence-electron chi connectivity index (χ2n) is 9.13. The number of aliphatic hydroxyl groups excluding tert-OH is 2. The van der Waals surface area contributed by atoms with Gasteiger partial charge in [-0.15, -0.1) is 0 Å². The van der Waals surface area contributed by atoms with Crippen molar-refractivity contribution in [3.8, 4) is 0 Å². The van der Waals surface area contributed by atoms with Crippen LogP contribution in [0, 0.1) is 11.2 Å². The summed E-state index contributed by atoms with van der Waals surface area (Å²) in [5, 5.41) is 27.7. The molecule has 0 aliphatic heterocycles. The van der Waals surface area contributed by atoms with Gasteiger partial charge in [-0.25, -0.2) is 4.39 Å². The standard InChI is InChI=1S/C22H30F4N4O4/c1-21(2,3)18(20(34)27-11-13(32)12-31)28-19(33)16-14-7-6-8-15(23)17(14)30(29-16)10-5-4-9-22(24,25)26/h6-8,13,18,31-32H,4-5,9-12H2,1-3H3,(H,27,34)(H,28,33)/t13-,18-/m1/s1. The predicted octanol–water partition coefficient (Wildman–Crippen LogP) is 2.52. The van der Waals surface area contributed by atoms with Gasteiger partial charge < -0.3 is 20.8 Å². The Kier molecular flexibility index (Phi) is 9.01. The minimum atomic E-state index is -4.29. The summed E-state index contributed by atoms with van der Waals surface area (Å²) < 4.78 is 52.9. The molecule has 0 saturated heterocycles. The number of carbonyl (C=O) groups is 2. The van der Waals surface area contributed by atoms with Gasteiger partial charge in [-0.2, -0.15) is 18.3 Å². The summed E-state index contributed by atoms with van der Waals surface area (Å²) in [5.74, 6) is -2.04. The average Bonchev–Trinajstić information content (AvgIpc) is 3.11. The van der Waals surface area contributed by atoms with Crippen molar-refractivity contribution in [2.24, 2.45) is 5.41 Å². The van der Waals surface area contributed by atoms with Crippen molar-refractivity contribution in [1.29, 1.82) is 0 Å². The molecule has 4 N–H and O–H groups in total. The van der Waals surface area contributed by atoms with E-state index in [0.717, 1.165) is 6.07 Å². The zero-order valence-corrected chi connectivity index (χ0v) is 19.2. The van der Waals surface area contributed by atoms with Crippen LogP contribution in [0.25, 0.3) is 10.9 Å². The van der Waals surface area contributed by atoms with Crippen LogP contribution < -0.4 is 10.6 Å². The van der Waals surface area contributed by atoms with Crippen molar-refractivity contribution in [3.63, 3.8) is 0 Å². The van der Waals surface area contributed by atoms with Crippen molar-refractivity contribution in [2.75, 3.05) is 13.2 Å². The quantitative estimate of drug-likeness (QED) is 0.302. The SMILES string of the molecule is CC(C)(C)[C@H](NC(=O)c1nn(CCCCC(F)(F)F)c2c(F)cccc12)C(=O)NC[C@@H](O)CO. The van der Waals surface area contributed by atoms with Crippen LogP contribution >= 0.6 is 0 Å². The lowest BCUT2D eigenvalue weighted by atomic mass is 9.86. The summed E-state index contributed by atoms with van der Waals surface area (Å²) in [6.07, 6.45) is -6.54. The lowest BCUT2D eigenvalue weighted by Gasteiger charge is -2.30. The fourth-order valence-electron chi connectivity index (χ4n) is 3.37. The number of halogens is 4. The molecule has 0 bridgehead atoms. The number of aromatic nitrogens is 2. The summed E-state index contributed by atoms with van der Waals surface area (Å²) in [4.78, 5) is 25.7. The third-order valence-corrected chi connectivity index (χ3v) is 5.14. The highest BCUT2D eigenvalue weighted by molar-refractivity contribution is 6.06. The van der Waals surface area contributed by atoms with Crippen LogP contribution in [0.2, 0.25) is 0 Å². The first-order valence-electron chi connectivity index (χ1n) is 10.8. The minimum Gasteiger partial charge on any atom is -0.394 e. The van der Waals surface area contributed by atoms with E-state index in [4.69, 9.17) is 5.11 Å². The Balaban J connectivity index is 2.27. The van der Waals surface area contributed by atoms with E-state index in [1.54, 1.807) is 20.8 Å². The normalized spacial score (nSPS) is 14.1. The first kappa shape index (κ1) is 27.5. The number of hydrogen-bond donors (Lipinski definition) is 4. The lowest BCUT2D eigenvalue weighted by molar-refractivity contribution is -0.135. The van der Waals surface area contributed by atoms with Gasteiger partial charge in [0.05, 0.1) is 12.7 Å². The van der Waals surface area contributed by atoms with E-state index in [2.05, 4.69) is 15.7 Å². The van der Waals surface area contributed by atoms with Gasteiger partial charge in [-0.05, 0) is 24.3 Å². The molecule has 2 aromatic rings. The van der Waals surface area contributed by atoms with Crippen LogP contribution in [-0.2, 0) is 11.3 Å². The fraction of sp³-hybridized carbons (Fsp3) is 0.591. The van der Waals surface area contributed by atoms with Crippen LogP contribution in [-0.4, -0.2) is 63.3 Å². The summed E-state index contributed by atoms with van der Waals surface area (Å²) in [5.41, 5.74) is -0.934. The van der Waals surface area contributed by atoms with Crippen molar-refractivity contribution in [1.82, 2.24) is 20.4 Å². The topological polar surface area (TPSA) is 116 Å². The van der Waals surface area contributed by atoms with Gasteiger partial charge in [0, 0.05) is 24.9 Å². The number of hydrogen-bond acceptors (Lipinski definition) is 5. The number of amides is 2. The van der Waals surface area contributed by atoms with E-state index in [1.165, 1.54) is 16.8 Å². The van der Waals surface area contributed by atoms with E-state index in [-0.39, 0.29) is 42.5 Å². The summed E-state index contributed by atoms with van der Waals surface area (Å²) >= 11 is 0. The zero-order chi connectivity index (χ0) is 25.7. The van der Waals surface area contributed by atoms with Gasteiger partial charge in [-0.3, -0.25) is 14.3 Å². The van der Waals surface area contributed by atoms with Crippen LogP contribution in [0.3, 0.4) is 0 Å². The second kappa shape index (κ2) is 11.1. The molecule has 34 heavy (non-hydrogen) atoms. The van der Waals surface area contributed by atoms with Crippen molar-refractivity contribution in [2.45, 2.75) is 64.9 Å². The van der Waals surface area contributed by atoms with E-state index in [1.807, 2.05) is 0 Å². The van der Waals surface area contributed by atoms with Gasteiger partial charge in [0.1, 0.15) is 17.4 Å². The number of benzene rings is 1. The monoisotopic (exact) mass is 490 g/mol. The molecular weight excluding hydrogens is 460 g/mol. The third kappa shape index (κ3) is 7.39. The van der Waals surface area contributed by atoms with E-state index in [0.29, 0.717) is 0 Å². The number of alkyl halides is 3. The largest absolute Gasteiger partial charge is 0.394 e. The molecule has 2 amide bonds. The predicted molar refractivity (Wildman–Crippen MR) is 116 cm³/mol. The molecule has 0 spiro atoms. The number of unbranched alkanes of at least 4 members (excludes halogenated alkanes) is 1. The first-order valence-corrected chi connectivity index (χ1v) is 10.8. The van der Waals surface area contributed by atoms with Gasteiger partial charge in [0.15, 0.2) is 5.69 Å². The molecule has 0 aliphatic carbocycles. The molecule has 0 aliphatic rings. The molecule has 1 aromatic heterocycles. The van der Waals surface area contributed by atoms with Crippen molar-refractivity contribution < 1.29 is 37.4 Å². The highest BCUT2D eigenvalue weighted by Crippen LogP contribution is 2.26. The zero-order valence-electron chi connectivity index (χ0n) is 19.2. The molecular formula is C22H30F4N4O4. The van der Waals surface area contributed by atoms with Crippen molar-refractivity contribution >= 4 is 22.7 Å². The Morgan fingerprint density at radius 2 is 1.85 bits per heavy atom. The van der Waals surface area contributed by atoms with Gasteiger partial charge in [-0.1, -0.05) is 32.9 Å². The van der Waals surface area contributed by atoms with E-state index < -0.39 is 54.4 Å². The van der Waals surface area contributed by atoms with Gasteiger partial charge in [0.25, 0.3) is 5.91 Å². The molecule has 2 atom stereocenters. The summed E-state index contributed by atoms with van der Waals surface area (Å²) in [6, 6.07) is 2.95. The average molecular weight is 490 g/mol. The lowest BCUT2D eigenvalue weighted by Crippen LogP contribution is -2.54. The van der Waals surface area contributed by atoms with E-state index in [9.17, 15) is 32.3 Å². The molecule has 1 aromatic carbocycles. The number of fused-ring (bicyclic) bond motifs is 1. The molecule has 0 fully saturated rings. The first-order chi connectivity index (χ1) is 15.7. The Hall–Kier alpha value is -2.73. The maximum atomic E-state index is 14.5. The number of rotatable bonds is 10. The third-order valence-electron chi connectivity index (χ3n) is 5.14. The number of nitrogens with zero attached hydrogens (tertiary/aromatic N) is 2. The number of carbonyl (C=O) groups excluding carboxylic acids is 2. The molecule has 0 saturated carbocycles. The number of aliphatic hydroxyl groups is 2. The van der Waals surface area contributed by atoms with Crippen LogP contribution in [0.5, 0.6) is 0 Å². The molecule has 8 nitrogen and oxygen atoms in total. The number of aryl methyl sites for hydroxylation is 1. The number of nitrogens with one attached hydrogen (secondary N) is 2. The Morgan fingerprint density at radius 3 is 2.44 bits per heavy atom. The van der Waals surface area contributed by atoms with Gasteiger partial charge in [0.2, 0.25) is 5.91 Å². The summed E-state index contributed by atoms with van der Waals surface area (Å²) in [6.45, 7) is 4.32. The van der Waals surface area contributed by atoms with Gasteiger partial charge >= 0.3 is 6.18 Å². The molecule has 1 heterocycles. The summed E-state index contributed by atoms with van der Waals surface area (Å²) in [7, 11) is 0. The van der Waals surface area contributed by atoms with Crippen LogP contribution in [0.1, 0.15) is 50.5 Å². The molecule has 12 heteroatoms. The Labute approximate surface area is 194 Å².